The van der Waals surface area contributed by atoms with Crippen LogP contribution in [0.2, 0.25) is 0 Å². The van der Waals surface area contributed by atoms with Crippen LogP contribution in [0.3, 0.4) is 0 Å². The molecule has 0 aliphatic carbocycles. The van der Waals surface area contributed by atoms with Crippen LogP contribution < -0.4 is 20.1 Å². The zero-order valence-corrected chi connectivity index (χ0v) is 30.2. The van der Waals surface area contributed by atoms with Crippen molar-refractivity contribution in [3.05, 3.63) is 103 Å². The lowest BCUT2D eigenvalue weighted by Gasteiger charge is -2.33. The molecule has 9 nitrogen and oxygen atoms in total. The van der Waals surface area contributed by atoms with E-state index in [2.05, 4.69) is 15.6 Å². The molecule has 0 saturated carbocycles. The van der Waals surface area contributed by atoms with Gasteiger partial charge in [-0.05, 0) is 105 Å². The van der Waals surface area contributed by atoms with Crippen molar-refractivity contribution in [2.45, 2.75) is 45.6 Å². The Morgan fingerprint density at radius 2 is 1.73 bits per heavy atom. The van der Waals surface area contributed by atoms with Gasteiger partial charge in [-0.2, -0.15) is 0 Å². The number of aromatic nitrogens is 1. The van der Waals surface area contributed by atoms with E-state index in [-0.39, 0.29) is 29.3 Å². The zero-order chi connectivity index (χ0) is 36.0. The Balaban J connectivity index is 1.02. The number of thiophene rings is 1. The summed E-state index contributed by atoms with van der Waals surface area (Å²) in [4.78, 5) is 31.9. The Morgan fingerprint density at radius 1 is 0.980 bits per heavy atom. The van der Waals surface area contributed by atoms with E-state index in [0.717, 1.165) is 44.8 Å². The molecular formula is C39H39FN4O5S2. The molecule has 3 aromatic carbocycles. The number of anilines is 1. The molecule has 0 spiro atoms. The van der Waals surface area contributed by atoms with Gasteiger partial charge in [-0.15, -0.1) is 11.3 Å². The monoisotopic (exact) mass is 726 g/mol. The summed E-state index contributed by atoms with van der Waals surface area (Å²) in [6.45, 7) is 7.53. The highest BCUT2D eigenvalue weighted by Gasteiger charge is 2.27. The summed E-state index contributed by atoms with van der Waals surface area (Å²) in [5.74, 6) is 0.801. The number of piperidine rings is 1. The second-order valence-corrected chi connectivity index (χ2v) is 14.8. The number of rotatable bonds is 9. The second kappa shape index (κ2) is 15.9. The normalized spacial score (nSPS) is 13.5. The number of carbonyl (C=O) groups excluding carboxylic acids is 2. The Kier molecular flexibility index (Phi) is 11.1. The lowest BCUT2D eigenvalue weighted by molar-refractivity contribution is -0.119. The Morgan fingerprint density at radius 3 is 2.43 bits per heavy atom. The Bertz CT molecular complexity index is 2010. The molecule has 2 aromatic heterocycles. The fourth-order valence-electron chi connectivity index (χ4n) is 5.57. The quantitative estimate of drug-likeness (QED) is 0.145. The van der Waals surface area contributed by atoms with Crippen molar-refractivity contribution in [2.24, 2.45) is 5.92 Å². The van der Waals surface area contributed by atoms with Crippen molar-refractivity contribution >= 4 is 56.6 Å². The van der Waals surface area contributed by atoms with Crippen LogP contribution in [-0.4, -0.2) is 52.3 Å². The highest BCUT2D eigenvalue weighted by atomic mass is 32.1. The first-order valence-corrected chi connectivity index (χ1v) is 17.9. The summed E-state index contributed by atoms with van der Waals surface area (Å²) >= 11 is 6.76. The van der Waals surface area contributed by atoms with Gasteiger partial charge in [0.25, 0.3) is 0 Å². The molecule has 264 valence electrons. The van der Waals surface area contributed by atoms with Crippen LogP contribution >= 0.6 is 23.6 Å². The smallest absolute Gasteiger partial charge is 0.410 e. The summed E-state index contributed by atoms with van der Waals surface area (Å²) < 4.78 is 33.6. The minimum atomic E-state index is -0.593. The third-order valence-corrected chi connectivity index (χ3v) is 9.53. The number of ether oxygens (including phenoxy) is 3. The molecule has 1 saturated heterocycles. The van der Waals surface area contributed by atoms with Gasteiger partial charge >= 0.3 is 6.09 Å². The van der Waals surface area contributed by atoms with Crippen LogP contribution in [0.5, 0.6) is 17.2 Å². The van der Waals surface area contributed by atoms with Gasteiger partial charge in [0.2, 0.25) is 5.91 Å². The first-order chi connectivity index (χ1) is 24.5. The third kappa shape index (κ3) is 9.80. The molecule has 2 amide bonds. The summed E-state index contributed by atoms with van der Waals surface area (Å²) in [7, 11) is 0. The van der Waals surface area contributed by atoms with E-state index in [1.54, 1.807) is 23.2 Å². The number of hydrogen-bond donors (Lipinski definition) is 2. The maximum absolute atomic E-state index is 15.2. The number of carbonyl (C=O) groups is 2. The molecule has 6 rings (SSSR count). The van der Waals surface area contributed by atoms with E-state index < -0.39 is 11.4 Å². The number of hydrogen-bond acceptors (Lipinski definition) is 8. The Labute approximate surface area is 305 Å². The number of fused-ring (bicyclic) bond motifs is 1. The topological polar surface area (TPSA) is 102 Å². The third-order valence-electron chi connectivity index (χ3n) is 8.14. The van der Waals surface area contributed by atoms with Crippen molar-refractivity contribution in [3.63, 3.8) is 0 Å². The molecule has 3 heterocycles. The average Bonchev–Trinajstić information content (AvgIpc) is 3.54. The SMILES string of the molecule is CC(C)(C)OC(=O)N1CCC(COc2ccc(-c3cc4nccc(Oc5ccc(NC(=S)NC(=O)Cc6ccccc6)cc5F)c4s3)cc2)CC1. The highest BCUT2D eigenvalue weighted by molar-refractivity contribution is 7.80. The predicted octanol–water partition coefficient (Wildman–Crippen LogP) is 8.98. The van der Waals surface area contributed by atoms with E-state index in [0.29, 0.717) is 37.1 Å². The van der Waals surface area contributed by atoms with Gasteiger partial charge in [-0.25, -0.2) is 9.18 Å². The fourth-order valence-corrected chi connectivity index (χ4v) is 6.87. The lowest BCUT2D eigenvalue weighted by atomic mass is 9.98. The Hall–Kier alpha value is -5.07. The van der Waals surface area contributed by atoms with Crippen LogP contribution in [0.1, 0.15) is 39.2 Å². The number of amides is 2. The minimum absolute atomic E-state index is 0.0408. The molecule has 1 aliphatic heterocycles. The lowest BCUT2D eigenvalue weighted by Crippen LogP contribution is -2.42. The van der Waals surface area contributed by atoms with E-state index >= 15 is 4.39 Å². The van der Waals surface area contributed by atoms with Crippen LogP contribution in [0.15, 0.2) is 91.1 Å². The standard InChI is InChI=1S/C39H39FN4O5S2/c1-39(2,3)49-38(46)44-19-16-26(17-20-44)24-47-29-12-9-27(10-13-29)34-23-31-36(51-34)33(15-18-41-31)48-32-14-11-28(22-30(32)40)42-37(50)43-35(45)21-25-7-5-4-6-8-25/h4-15,18,22-23,26H,16-17,19-21,24H2,1-3H3,(H2,42,43,45,50). The van der Waals surface area contributed by atoms with Gasteiger partial charge < -0.3 is 29.7 Å². The summed E-state index contributed by atoms with van der Waals surface area (Å²) in [6.07, 6.45) is 3.28. The van der Waals surface area contributed by atoms with Crippen molar-refractivity contribution in [2.75, 3.05) is 25.0 Å². The van der Waals surface area contributed by atoms with E-state index in [9.17, 15) is 9.59 Å². The number of pyridine rings is 1. The molecule has 51 heavy (non-hydrogen) atoms. The summed E-state index contributed by atoms with van der Waals surface area (Å²) in [5.41, 5.74) is 2.47. The summed E-state index contributed by atoms with van der Waals surface area (Å²) in [6, 6.07) is 25.3. The van der Waals surface area contributed by atoms with E-state index in [4.69, 9.17) is 26.4 Å². The minimum Gasteiger partial charge on any atom is -0.493 e. The number of benzene rings is 3. The molecule has 0 bridgehead atoms. The van der Waals surface area contributed by atoms with Gasteiger partial charge in [0.1, 0.15) is 17.1 Å². The maximum atomic E-state index is 15.2. The van der Waals surface area contributed by atoms with Gasteiger partial charge in [0, 0.05) is 42.0 Å². The molecule has 12 heteroatoms. The van der Waals surface area contributed by atoms with Gasteiger partial charge in [0.15, 0.2) is 16.7 Å². The summed E-state index contributed by atoms with van der Waals surface area (Å²) in [5, 5.41) is 5.54. The van der Waals surface area contributed by atoms with Crippen LogP contribution in [-0.2, 0) is 16.0 Å². The van der Waals surface area contributed by atoms with Gasteiger partial charge in [0.05, 0.1) is 23.2 Å². The first-order valence-electron chi connectivity index (χ1n) is 16.7. The number of nitrogens with one attached hydrogen (secondary N) is 2. The molecule has 2 N–H and O–H groups in total. The largest absolute Gasteiger partial charge is 0.493 e. The molecule has 1 aliphatic rings. The van der Waals surface area contributed by atoms with Crippen molar-refractivity contribution in [1.82, 2.24) is 15.2 Å². The molecule has 0 unspecified atom stereocenters. The molecule has 5 aromatic rings. The van der Waals surface area contributed by atoms with Crippen molar-refractivity contribution in [1.29, 1.82) is 0 Å². The van der Waals surface area contributed by atoms with Gasteiger partial charge in [-0.1, -0.05) is 30.3 Å². The van der Waals surface area contributed by atoms with Crippen LogP contribution in [0, 0.1) is 11.7 Å². The number of likely N-dealkylation sites (tertiary alicyclic amines) is 1. The van der Waals surface area contributed by atoms with Crippen molar-refractivity contribution in [3.8, 4) is 27.7 Å². The molecule has 0 radical (unpaired) electrons. The first kappa shape index (κ1) is 35.7. The van der Waals surface area contributed by atoms with Crippen LogP contribution in [0.25, 0.3) is 20.7 Å². The van der Waals surface area contributed by atoms with Crippen molar-refractivity contribution < 1.29 is 28.2 Å². The second-order valence-electron chi connectivity index (χ2n) is 13.3. The molecular weight excluding hydrogens is 688 g/mol. The molecule has 1 fully saturated rings. The predicted molar refractivity (Wildman–Crippen MR) is 202 cm³/mol. The molecule has 0 atom stereocenters. The highest BCUT2D eigenvalue weighted by Crippen LogP contribution is 2.40. The number of halogens is 1. The van der Waals surface area contributed by atoms with E-state index in [1.807, 2.05) is 81.4 Å². The average molecular weight is 727 g/mol. The maximum Gasteiger partial charge on any atom is 0.410 e. The van der Waals surface area contributed by atoms with Gasteiger partial charge in [-0.3, -0.25) is 9.78 Å². The fraction of sp³-hybridized carbons (Fsp3) is 0.282. The zero-order valence-electron chi connectivity index (χ0n) is 28.6. The van der Waals surface area contributed by atoms with Crippen LogP contribution in [0.4, 0.5) is 14.9 Å². The van der Waals surface area contributed by atoms with E-state index in [1.165, 1.54) is 23.5 Å². The number of nitrogens with zero attached hydrogens (tertiary/aromatic N) is 2. The number of thiocarbonyl (C=S) groups is 1.